The van der Waals surface area contributed by atoms with E-state index >= 15 is 0 Å². The number of para-hydroxylation sites is 1. The second-order valence-corrected chi connectivity index (χ2v) is 4.55. The Labute approximate surface area is 116 Å². The van der Waals surface area contributed by atoms with Crippen molar-refractivity contribution in [3.05, 3.63) is 52.3 Å². The van der Waals surface area contributed by atoms with Crippen LogP contribution < -0.4 is 10.5 Å². The largest absolute Gasteiger partial charge is 0.478 e. The topological polar surface area (TPSA) is 72.5 Å². The number of rotatable bonds is 3. The van der Waals surface area contributed by atoms with E-state index in [1.165, 1.54) is 30.3 Å². The van der Waals surface area contributed by atoms with Gasteiger partial charge in [-0.1, -0.05) is 6.07 Å². The lowest BCUT2D eigenvalue weighted by molar-refractivity contribution is 0.0697. The van der Waals surface area contributed by atoms with Crippen molar-refractivity contribution in [1.29, 1.82) is 0 Å². The van der Waals surface area contributed by atoms with Crippen LogP contribution in [0, 0.1) is 5.82 Å². The normalized spacial score (nSPS) is 10.2. The molecule has 6 heteroatoms. The van der Waals surface area contributed by atoms with Gasteiger partial charge < -0.3 is 15.6 Å². The summed E-state index contributed by atoms with van der Waals surface area (Å²) in [5.74, 6) is -0.997. The fraction of sp³-hybridized carbons (Fsp3) is 0. The molecule has 4 nitrogen and oxygen atoms in total. The van der Waals surface area contributed by atoms with Crippen molar-refractivity contribution in [1.82, 2.24) is 0 Å². The second kappa shape index (κ2) is 5.27. The molecule has 0 amide bonds. The molecule has 0 aromatic heterocycles. The first-order valence-electron chi connectivity index (χ1n) is 5.23. The predicted molar refractivity (Wildman–Crippen MR) is 72.0 cm³/mol. The summed E-state index contributed by atoms with van der Waals surface area (Å²) in [6.45, 7) is 0. The Morgan fingerprint density at radius 2 is 2.05 bits per heavy atom. The summed E-state index contributed by atoms with van der Waals surface area (Å²) >= 11 is 3.04. The average Bonchev–Trinajstić information content (AvgIpc) is 2.36. The average molecular weight is 326 g/mol. The zero-order chi connectivity index (χ0) is 14.0. The van der Waals surface area contributed by atoms with Crippen LogP contribution in [0.3, 0.4) is 0 Å². The molecule has 2 rings (SSSR count). The Bertz CT molecular complexity index is 646. The van der Waals surface area contributed by atoms with Gasteiger partial charge in [-0.3, -0.25) is 0 Å². The van der Waals surface area contributed by atoms with Gasteiger partial charge in [0.25, 0.3) is 0 Å². The number of halogens is 2. The number of nitrogens with two attached hydrogens (primary N) is 1. The fourth-order valence-electron chi connectivity index (χ4n) is 1.49. The van der Waals surface area contributed by atoms with E-state index in [2.05, 4.69) is 15.9 Å². The van der Waals surface area contributed by atoms with E-state index in [0.29, 0.717) is 5.75 Å². The Balaban J connectivity index is 2.35. The Morgan fingerprint density at radius 1 is 1.32 bits per heavy atom. The summed E-state index contributed by atoms with van der Waals surface area (Å²) in [5, 5.41) is 8.94. The Morgan fingerprint density at radius 3 is 2.68 bits per heavy atom. The minimum absolute atomic E-state index is 0.0236. The lowest BCUT2D eigenvalue weighted by Gasteiger charge is -2.10. The first kappa shape index (κ1) is 13.4. The third kappa shape index (κ3) is 2.85. The van der Waals surface area contributed by atoms with E-state index in [-0.39, 0.29) is 21.5 Å². The Hall–Kier alpha value is -2.08. The van der Waals surface area contributed by atoms with Gasteiger partial charge in [0.05, 0.1) is 15.7 Å². The first-order valence-corrected chi connectivity index (χ1v) is 6.03. The number of hydrogen-bond acceptors (Lipinski definition) is 3. The van der Waals surface area contributed by atoms with E-state index in [9.17, 15) is 9.18 Å². The molecule has 3 N–H and O–H groups in total. The predicted octanol–water partition coefficient (Wildman–Crippen LogP) is 3.66. The van der Waals surface area contributed by atoms with Crippen molar-refractivity contribution < 1.29 is 19.0 Å². The molecule has 19 heavy (non-hydrogen) atoms. The van der Waals surface area contributed by atoms with E-state index in [1.54, 1.807) is 6.07 Å². The van der Waals surface area contributed by atoms with Crippen molar-refractivity contribution in [3.63, 3.8) is 0 Å². The minimum Gasteiger partial charge on any atom is -0.478 e. The summed E-state index contributed by atoms with van der Waals surface area (Å²) in [7, 11) is 0. The monoisotopic (exact) mass is 325 g/mol. The van der Waals surface area contributed by atoms with Crippen LogP contribution in [0.2, 0.25) is 0 Å². The molecule has 0 unspecified atom stereocenters. The van der Waals surface area contributed by atoms with Crippen LogP contribution in [0.1, 0.15) is 10.4 Å². The molecule has 0 heterocycles. The smallest absolute Gasteiger partial charge is 0.337 e. The maximum absolute atomic E-state index is 13.1. The molecule has 0 aliphatic carbocycles. The SMILES string of the molecule is Nc1c(Oc2ccc(F)c(Br)c2)cccc1C(=O)O. The highest BCUT2D eigenvalue weighted by Crippen LogP contribution is 2.31. The molecule has 2 aromatic rings. The highest BCUT2D eigenvalue weighted by atomic mass is 79.9. The van der Waals surface area contributed by atoms with E-state index < -0.39 is 11.8 Å². The van der Waals surface area contributed by atoms with Crippen LogP contribution in [-0.2, 0) is 0 Å². The van der Waals surface area contributed by atoms with E-state index in [0.717, 1.165) is 0 Å². The molecule has 0 saturated carbocycles. The number of ether oxygens (including phenoxy) is 1. The van der Waals surface area contributed by atoms with Gasteiger partial charge in [0.1, 0.15) is 11.6 Å². The van der Waals surface area contributed by atoms with Crippen molar-refractivity contribution in [2.75, 3.05) is 5.73 Å². The number of nitrogen functional groups attached to an aromatic ring is 1. The van der Waals surface area contributed by atoms with E-state index in [4.69, 9.17) is 15.6 Å². The first-order chi connectivity index (χ1) is 8.99. The number of anilines is 1. The van der Waals surface area contributed by atoms with Gasteiger partial charge in [-0.15, -0.1) is 0 Å². The summed E-state index contributed by atoms with van der Waals surface area (Å²) in [6, 6.07) is 8.53. The molecule has 98 valence electrons. The molecule has 0 atom stereocenters. The summed E-state index contributed by atoms with van der Waals surface area (Å²) in [6.07, 6.45) is 0. The zero-order valence-electron chi connectivity index (χ0n) is 9.56. The van der Waals surface area contributed by atoms with Gasteiger partial charge in [0.2, 0.25) is 0 Å². The number of hydrogen-bond donors (Lipinski definition) is 2. The maximum atomic E-state index is 13.1. The third-order valence-corrected chi connectivity index (χ3v) is 3.02. The summed E-state index contributed by atoms with van der Waals surface area (Å²) < 4.78 is 18.8. The molecular weight excluding hydrogens is 317 g/mol. The number of aromatic carboxylic acids is 1. The molecule has 0 spiro atoms. The van der Waals surface area contributed by atoms with Gasteiger partial charge in [0.15, 0.2) is 5.75 Å². The fourth-order valence-corrected chi connectivity index (χ4v) is 1.84. The minimum atomic E-state index is -1.14. The van der Waals surface area contributed by atoms with Crippen LogP contribution in [0.25, 0.3) is 0 Å². The maximum Gasteiger partial charge on any atom is 0.337 e. The number of carboxylic acids is 1. The standard InChI is InChI=1S/C13H9BrFNO3/c14-9-6-7(4-5-10(9)15)19-11-3-1-2-8(12(11)16)13(17)18/h1-6H,16H2,(H,17,18). The van der Waals surface area contributed by atoms with Crippen LogP contribution in [0.5, 0.6) is 11.5 Å². The zero-order valence-corrected chi connectivity index (χ0v) is 11.1. The van der Waals surface area contributed by atoms with Gasteiger partial charge in [-0.05, 0) is 46.3 Å². The number of benzene rings is 2. The van der Waals surface area contributed by atoms with Crippen molar-refractivity contribution in [2.45, 2.75) is 0 Å². The lowest BCUT2D eigenvalue weighted by atomic mass is 10.1. The quantitative estimate of drug-likeness (QED) is 0.844. The van der Waals surface area contributed by atoms with Gasteiger partial charge >= 0.3 is 5.97 Å². The van der Waals surface area contributed by atoms with Crippen LogP contribution in [-0.4, -0.2) is 11.1 Å². The van der Waals surface area contributed by atoms with Crippen LogP contribution in [0.4, 0.5) is 10.1 Å². The molecule has 0 aliphatic rings. The van der Waals surface area contributed by atoms with Gasteiger partial charge in [-0.25, -0.2) is 9.18 Å². The molecule has 2 aromatic carbocycles. The van der Waals surface area contributed by atoms with Crippen molar-refractivity contribution in [3.8, 4) is 11.5 Å². The lowest BCUT2D eigenvalue weighted by Crippen LogP contribution is -2.03. The Kier molecular flexibility index (Phi) is 3.71. The molecular formula is C13H9BrFNO3. The second-order valence-electron chi connectivity index (χ2n) is 3.70. The number of carbonyl (C=O) groups is 1. The summed E-state index contributed by atoms with van der Waals surface area (Å²) in [4.78, 5) is 10.9. The molecule has 0 fully saturated rings. The molecule has 0 radical (unpaired) electrons. The van der Waals surface area contributed by atoms with Crippen molar-refractivity contribution in [2.24, 2.45) is 0 Å². The highest BCUT2D eigenvalue weighted by molar-refractivity contribution is 9.10. The summed E-state index contributed by atoms with van der Waals surface area (Å²) in [5.41, 5.74) is 5.69. The number of carboxylic acid groups (broad SMARTS) is 1. The molecule has 0 aliphatic heterocycles. The van der Waals surface area contributed by atoms with Gasteiger partial charge in [0, 0.05) is 0 Å². The third-order valence-electron chi connectivity index (χ3n) is 2.42. The highest BCUT2D eigenvalue weighted by Gasteiger charge is 2.13. The van der Waals surface area contributed by atoms with Crippen LogP contribution >= 0.6 is 15.9 Å². The molecule has 0 bridgehead atoms. The molecule has 0 saturated heterocycles. The van der Waals surface area contributed by atoms with Crippen LogP contribution in [0.15, 0.2) is 40.9 Å². The van der Waals surface area contributed by atoms with Gasteiger partial charge in [-0.2, -0.15) is 0 Å². The van der Waals surface area contributed by atoms with E-state index in [1.807, 2.05) is 0 Å². The van der Waals surface area contributed by atoms with Crippen molar-refractivity contribution >= 4 is 27.6 Å².